The molecule has 0 unspecified atom stereocenters. The lowest BCUT2D eigenvalue weighted by Gasteiger charge is -2.15. The van der Waals surface area contributed by atoms with E-state index in [0.29, 0.717) is 0 Å². The fourth-order valence-electron chi connectivity index (χ4n) is 1.74. The Bertz CT molecular complexity index is 382. The van der Waals surface area contributed by atoms with Gasteiger partial charge in [0.25, 0.3) is 0 Å². The third-order valence-corrected chi connectivity index (χ3v) is 3.04. The molecule has 0 aromatic heterocycles. The SMILES string of the molecule is COc1cc(C2(CO)CC2)cc(O)c1O. The molecule has 0 bridgehead atoms. The highest BCUT2D eigenvalue weighted by Crippen LogP contribution is 2.51. The maximum Gasteiger partial charge on any atom is 0.200 e. The fourth-order valence-corrected chi connectivity index (χ4v) is 1.74. The Kier molecular flexibility index (Phi) is 2.23. The molecule has 4 heteroatoms. The summed E-state index contributed by atoms with van der Waals surface area (Å²) in [6, 6.07) is 3.15. The van der Waals surface area contributed by atoms with Crippen molar-refractivity contribution < 1.29 is 20.1 Å². The summed E-state index contributed by atoms with van der Waals surface area (Å²) in [5.41, 5.74) is 0.579. The molecule has 2 rings (SSSR count). The first kappa shape index (κ1) is 10.1. The van der Waals surface area contributed by atoms with E-state index in [1.54, 1.807) is 6.07 Å². The molecular weight excluding hydrogens is 196 g/mol. The highest BCUT2D eigenvalue weighted by Gasteiger charge is 2.44. The molecule has 1 saturated carbocycles. The maximum absolute atomic E-state index is 9.49. The van der Waals surface area contributed by atoms with Gasteiger partial charge in [0.05, 0.1) is 13.7 Å². The van der Waals surface area contributed by atoms with Crippen LogP contribution in [0.4, 0.5) is 0 Å². The van der Waals surface area contributed by atoms with Crippen LogP contribution in [0.2, 0.25) is 0 Å². The van der Waals surface area contributed by atoms with Crippen molar-refractivity contribution in [3.63, 3.8) is 0 Å². The first-order valence-electron chi connectivity index (χ1n) is 4.84. The van der Waals surface area contributed by atoms with E-state index in [1.165, 1.54) is 13.2 Å². The lowest BCUT2D eigenvalue weighted by Crippen LogP contribution is -2.11. The molecule has 1 aromatic rings. The van der Waals surface area contributed by atoms with E-state index in [0.717, 1.165) is 18.4 Å². The second kappa shape index (κ2) is 3.31. The van der Waals surface area contributed by atoms with Gasteiger partial charge in [0, 0.05) is 5.41 Å². The van der Waals surface area contributed by atoms with Gasteiger partial charge >= 0.3 is 0 Å². The van der Waals surface area contributed by atoms with E-state index in [1.807, 2.05) is 0 Å². The molecule has 1 aromatic carbocycles. The molecule has 1 fully saturated rings. The van der Waals surface area contributed by atoms with Gasteiger partial charge in [0.15, 0.2) is 11.5 Å². The Labute approximate surface area is 87.7 Å². The summed E-state index contributed by atoms with van der Waals surface area (Å²) >= 11 is 0. The van der Waals surface area contributed by atoms with Gasteiger partial charge in [-0.3, -0.25) is 0 Å². The number of ether oxygens (including phenoxy) is 1. The van der Waals surface area contributed by atoms with Crippen LogP contribution in [-0.2, 0) is 5.41 Å². The third kappa shape index (κ3) is 1.51. The van der Waals surface area contributed by atoms with Crippen molar-refractivity contribution >= 4 is 0 Å². The topological polar surface area (TPSA) is 69.9 Å². The summed E-state index contributed by atoms with van der Waals surface area (Å²) < 4.78 is 4.94. The zero-order valence-corrected chi connectivity index (χ0v) is 8.53. The average Bonchev–Trinajstić information content (AvgIpc) is 3.02. The van der Waals surface area contributed by atoms with Crippen molar-refractivity contribution in [2.75, 3.05) is 13.7 Å². The van der Waals surface area contributed by atoms with Crippen LogP contribution in [0.5, 0.6) is 17.2 Å². The van der Waals surface area contributed by atoms with Crippen molar-refractivity contribution in [2.24, 2.45) is 0 Å². The van der Waals surface area contributed by atoms with Crippen molar-refractivity contribution in [1.82, 2.24) is 0 Å². The van der Waals surface area contributed by atoms with Crippen LogP contribution in [0.25, 0.3) is 0 Å². The molecule has 0 aliphatic heterocycles. The van der Waals surface area contributed by atoms with Crippen LogP contribution < -0.4 is 4.74 Å². The zero-order valence-electron chi connectivity index (χ0n) is 8.53. The van der Waals surface area contributed by atoms with Crippen LogP contribution in [0.15, 0.2) is 12.1 Å². The Hall–Kier alpha value is -1.42. The van der Waals surface area contributed by atoms with Gasteiger partial charge in [0.2, 0.25) is 5.75 Å². The maximum atomic E-state index is 9.49. The monoisotopic (exact) mass is 210 g/mol. The predicted molar refractivity (Wildman–Crippen MR) is 54.3 cm³/mol. The van der Waals surface area contributed by atoms with Gasteiger partial charge in [-0.25, -0.2) is 0 Å². The van der Waals surface area contributed by atoms with Crippen LogP contribution in [-0.4, -0.2) is 29.0 Å². The van der Waals surface area contributed by atoms with Crippen LogP contribution in [0.1, 0.15) is 18.4 Å². The van der Waals surface area contributed by atoms with E-state index in [2.05, 4.69) is 0 Å². The predicted octanol–water partition coefficient (Wildman–Crippen LogP) is 1.13. The number of hydrogen-bond acceptors (Lipinski definition) is 4. The summed E-state index contributed by atoms with van der Waals surface area (Å²) in [7, 11) is 1.43. The molecule has 0 radical (unpaired) electrons. The number of methoxy groups -OCH3 is 1. The average molecular weight is 210 g/mol. The van der Waals surface area contributed by atoms with Crippen molar-refractivity contribution in [1.29, 1.82) is 0 Å². The Morgan fingerprint density at radius 3 is 2.47 bits per heavy atom. The van der Waals surface area contributed by atoms with Crippen LogP contribution in [0, 0.1) is 0 Å². The second-order valence-corrected chi connectivity index (χ2v) is 3.98. The van der Waals surface area contributed by atoms with Crippen molar-refractivity contribution in [2.45, 2.75) is 18.3 Å². The Morgan fingerprint density at radius 2 is 2.00 bits per heavy atom. The van der Waals surface area contributed by atoms with Gasteiger partial charge in [-0.2, -0.15) is 0 Å². The third-order valence-electron chi connectivity index (χ3n) is 3.04. The largest absolute Gasteiger partial charge is 0.504 e. The van der Waals surface area contributed by atoms with Crippen molar-refractivity contribution in [3.8, 4) is 17.2 Å². The van der Waals surface area contributed by atoms with Gasteiger partial charge in [-0.1, -0.05) is 0 Å². The van der Waals surface area contributed by atoms with E-state index >= 15 is 0 Å². The van der Waals surface area contributed by atoms with Crippen LogP contribution in [0.3, 0.4) is 0 Å². The number of aliphatic hydroxyl groups is 1. The molecule has 0 saturated heterocycles. The molecule has 3 N–H and O–H groups in total. The molecule has 0 spiro atoms. The van der Waals surface area contributed by atoms with E-state index < -0.39 is 0 Å². The van der Waals surface area contributed by atoms with E-state index in [9.17, 15) is 15.3 Å². The molecule has 15 heavy (non-hydrogen) atoms. The lowest BCUT2D eigenvalue weighted by molar-refractivity contribution is 0.254. The minimum atomic E-state index is -0.255. The minimum Gasteiger partial charge on any atom is -0.504 e. The molecule has 82 valence electrons. The summed E-state index contributed by atoms with van der Waals surface area (Å²) in [6.45, 7) is 0.0559. The molecule has 4 nitrogen and oxygen atoms in total. The lowest BCUT2D eigenvalue weighted by atomic mass is 9.96. The number of phenolic OH excluding ortho intramolecular Hbond substituents is 2. The summed E-state index contributed by atoms with van der Waals surface area (Å²) in [4.78, 5) is 0. The zero-order chi connectivity index (χ0) is 11.1. The number of phenols is 2. The summed E-state index contributed by atoms with van der Waals surface area (Å²) in [5.74, 6) is -0.219. The highest BCUT2D eigenvalue weighted by atomic mass is 16.5. The van der Waals surface area contributed by atoms with Gasteiger partial charge in [-0.15, -0.1) is 0 Å². The first-order chi connectivity index (χ1) is 7.13. The molecule has 1 aliphatic rings. The fraction of sp³-hybridized carbons (Fsp3) is 0.455. The number of benzene rings is 1. The molecule has 0 amide bonds. The molecule has 0 atom stereocenters. The number of rotatable bonds is 3. The smallest absolute Gasteiger partial charge is 0.200 e. The Morgan fingerprint density at radius 1 is 1.33 bits per heavy atom. The quantitative estimate of drug-likeness (QED) is 0.654. The van der Waals surface area contributed by atoms with E-state index in [4.69, 9.17) is 4.74 Å². The molecule has 0 heterocycles. The van der Waals surface area contributed by atoms with E-state index in [-0.39, 0.29) is 29.3 Å². The first-order valence-corrected chi connectivity index (χ1v) is 4.84. The standard InChI is InChI=1S/C11H14O4/c1-15-9-5-7(4-8(13)10(9)14)11(6-12)2-3-11/h4-5,12-14H,2-3,6H2,1H3. The Balaban J connectivity index is 2.46. The van der Waals surface area contributed by atoms with Gasteiger partial charge in [0.1, 0.15) is 0 Å². The van der Waals surface area contributed by atoms with Crippen molar-refractivity contribution in [3.05, 3.63) is 17.7 Å². The number of hydrogen-bond donors (Lipinski definition) is 3. The normalized spacial score (nSPS) is 17.5. The minimum absolute atomic E-state index is 0.0559. The number of aromatic hydroxyl groups is 2. The number of aliphatic hydroxyl groups excluding tert-OH is 1. The second-order valence-electron chi connectivity index (χ2n) is 3.98. The van der Waals surface area contributed by atoms with Gasteiger partial charge in [-0.05, 0) is 30.5 Å². The summed E-state index contributed by atoms with van der Waals surface area (Å²) in [5, 5.41) is 28.2. The molecule has 1 aliphatic carbocycles. The van der Waals surface area contributed by atoms with Gasteiger partial charge < -0.3 is 20.1 Å². The highest BCUT2D eigenvalue weighted by molar-refractivity contribution is 5.54. The summed E-state index contributed by atoms with van der Waals surface area (Å²) in [6.07, 6.45) is 1.80. The van der Waals surface area contributed by atoms with Crippen LogP contribution >= 0.6 is 0 Å². The molecular formula is C11H14O4.